The predicted octanol–water partition coefficient (Wildman–Crippen LogP) is 2.55. The molecule has 0 spiro atoms. The smallest absolute Gasteiger partial charge is 0.325 e. The molecule has 1 aliphatic heterocycles. The van der Waals surface area contributed by atoms with Crippen molar-refractivity contribution >= 4 is 35.1 Å². The molecule has 0 saturated carbocycles. The van der Waals surface area contributed by atoms with E-state index in [0.29, 0.717) is 10.7 Å². The first-order valence-corrected chi connectivity index (χ1v) is 8.94. The highest BCUT2D eigenvalue weighted by atomic mass is 35.5. The van der Waals surface area contributed by atoms with Crippen LogP contribution in [0.2, 0.25) is 5.02 Å². The lowest BCUT2D eigenvalue weighted by Gasteiger charge is -2.17. The van der Waals surface area contributed by atoms with E-state index < -0.39 is 11.9 Å². The van der Waals surface area contributed by atoms with E-state index in [1.54, 1.807) is 24.3 Å². The summed E-state index contributed by atoms with van der Waals surface area (Å²) in [4.78, 5) is 37.8. The van der Waals surface area contributed by atoms with E-state index >= 15 is 0 Å². The molecule has 140 valence electrons. The molecule has 1 N–H and O–H groups in total. The van der Waals surface area contributed by atoms with Crippen molar-refractivity contribution in [3.63, 3.8) is 0 Å². The number of halogens is 1. The molecule has 2 aromatic carbocycles. The third-order valence-electron chi connectivity index (χ3n) is 4.27. The van der Waals surface area contributed by atoms with Gasteiger partial charge in [0.05, 0.1) is 5.92 Å². The van der Waals surface area contributed by atoms with Crippen LogP contribution in [-0.2, 0) is 25.7 Å². The maximum absolute atomic E-state index is 12.3. The maximum Gasteiger partial charge on any atom is 0.325 e. The summed E-state index contributed by atoms with van der Waals surface area (Å²) in [6.07, 6.45) is 0.0947. The van der Waals surface area contributed by atoms with Gasteiger partial charge in [-0.3, -0.25) is 14.4 Å². The van der Waals surface area contributed by atoms with Crippen molar-refractivity contribution in [2.75, 3.05) is 18.0 Å². The molecule has 1 unspecified atom stereocenters. The fourth-order valence-corrected chi connectivity index (χ4v) is 3.05. The van der Waals surface area contributed by atoms with Crippen LogP contribution in [0.4, 0.5) is 5.69 Å². The summed E-state index contributed by atoms with van der Waals surface area (Å²) in [6, 6.07) is 16.2. The molecule has 3 rings (SSSR count). The van der Waals surface area contributed by atoms with Gasteiger partial charge in [-0.05, 0) is 23.8 Å². The standard InChI is InChI=1S/C20H19ClN2O4/c21-16-7-4-8-17(10-16)23-12-15(9-18(23)24)20(26)22-11-19(25)27-13-14-5-2-1-3-6-14/h1-8,10,15H,9,11-13H2,(H,22,26). The summed E-state index contributed by atoms with van der Waals surface area (Å²) in [6.45, 7) is 0.178. The van der Waals surface area contributed by atoms with Crippen LogP contribution in [0.5, 0.6) is 0 Å². The summed E-state index contributed by atoms with van der Waals surface area (Å²) < 4.78 is 5.12. The number of nitrogens with zero attached hydrogens (tertiary/aromatic N) is 1. The molecule has 0 bridgehead atoms. The summed E-state index contributed by atoms with van der Waals surface area (Å²) in [5, 5.41) is 3.07. The summed E-state index contributed by atoms with van der Waals surface area (Å²) in [7, 11) is 0. The highest BCUT2D eigenvalue weighted by molar-refractivity contribution is 6.31. The molecule has 27 heavy (non-hydrogen) atoms. The zero-order valence-electron chi connectivity index (χ0n) is 14.6. The van der Waals surface area contributed by atoms with Gasteiger partial charge in [-0.15, -0.1) is 0 Å². The van der Waals surface area contributed by atoms with Crippen molar-refractivity contribution in [2.24, 2.45) is 5.92 Å². The SMILES string of the molecule is O=C(CNC(=O)C1CC(=O)N(c2cccc(Cl)c2)C1)OCc1ccccc1. The van der Waals surface area contributed by atoms with Crippen molar-refractivity contribution in [3.05, 3.63) is 65.2 Å². The number of esters is 1. The second kappa shape index (κ2) is 8.68. The van der Waals surface area contributed by atoms with Gasteiger partial charge in [0.15, 0.2) is 0 Å². The molecular weight excluding hydrogens is 368 g/mol. The minimum Gasteiger partial charge on any atom is -0.460 e. The first kappa shape index (κ1) is 18.9. The van der Waals surface area contributed by atoms with Crippen molar-refractivity contribution < 1.29 is 19.1 Å². The second-order valence-electron chi connectivity index (χ2n) is 6.25. The van der Waals surface area contributed by atoms with Crippen LogP contribution in [0.3, 0.4) is 0 Å². The predicted molar refractivity (Wildman–Crippen MR) is 101 cm³/mol. The Bertz CT molecular complexity index is 841. The van der Waals surface area contributed by atoms with E-state index in [-0.39, 0.29) is 37.9 Å². The average molecular weight is 387 g/mol. The van der Waals surface area contributed by atoms with Gasteiger partial charge in [-0.1, -0.05) is 48.0 Å². The monoisotopic (exact) mass is 386 g/mol. The third kappa shape index (κ3) is 5.08. The van der Waals surface area contributed by atoms with Crippen LogP contribution < -0.4 is 10.2 Å². The minimum atomic E-state index is -0.525. The van der Waals surface area contributed by atoms with Crippen LogP contribution in [0.1, 0.15) is 12.0 Å². The Labute approximate surface area is 162 Å². The van der Waals surface area contributed by atoms with Crippen LogP contribution >= 0.6 is 11.6 Å². The number of hydrogen-bond acceptors (Lipinski definition) is 4. The van der Waals surface area contributed by atoms with Gasteiger partial charge in [-0.2, -0.15) is 0 Å². The number of anilines is 1. The molecular formula is C20H19ClN2O4. The van der Waals surface area contributed by atoms with Crippen molar-refractivity contribution in [1.29, 1.82) is 0 Å². The highest BCUT2D eigenvalue weighted by Crippen LogP contribution is 2.27. The molecule has 2 aromatic rings. The van der Waals surface area contributed by atoms with Crippen LogP contribution in [0.25, 0.3) is 0 Å². The lowest BCUT2D eigenvalue weighted by Crippen LogP contribution is -2.36. The van der Waals surface area contributed by atoms with Gasteiger partial charge in [0.2, 0.25) is 11.8 Å². The molecule has 0 aromatic heterocycles. The van der Waals surface area contributed by atoms with Gasteiger partial charge in [0.25, 0.3) is 0 Å². The minimum absolute atomic E-state index is 0.0947. The molecule has 1 atom stereocenters. The Morgan fingerprint density at radius 1 is 1.15 bits per heavy atom. The number of amides is 2. The number of carbonyl (C=O) groups is 3. The normalized spacial score (nSPS) is 16.3. The number of carbonyl (C=O) groups excluding carboxylic acids is 3. The summed E-state index contributed by atoms with van der Waals surface area (Å²) in [5.41, 5.74) is 1.53. The first-order valence-electron chi connectivity index (χ1n) is 8.56. The van der Waals surface area contributed by atoms with Gasteiger partial charge in [-0.25, -0.2) is 0 Å². The first-order chi connectivity index (χ1) is 13.0. The van der Waals surface area contributed by atoms with E-state index in [1.807, 2.05) is 30.3 Å². The summed E-state index contributed by atoms with van der Waals surface area (Å²) >= 11 is 5.96. The molecule has 1 saturated heterocycles. The van der Waals surface area contributed by atoms with Crippen LogP contribution in [-0.4, -0.2) is 30.9 Å². The van der Waals surface area contributed by atoms with Crippen molar-refractivity contribution in [1.82, 2.24) is 5.32 Å². The van der Waals surface area contributed by atoms with Crippen molar-refractivity contribution in [2.45, 2.75) is 13.0 Å². The fourth-order valence-electron chi connectivity index (χ4n) is 2.87. The Kier molecular flexibility index (Phi) is 6.08. The summed E-state index contributed by atoms with van der Waals surface area (Å²) in [5.74, 6) is -1.53. The molecule has 1 fully saturated rings. The maximum atomic E-state index is 12.3. The molecule has 0 aliphatic carbocycles. The zero-order chi connectivity index (χ0) is 19.2. The van der Waals surface area contributed by atoms with Crippen molar-refractivity contribution in [3.8, 4) is 0 Å². The Morgan fingerprint density at radius 3 is 2.67 bits per heavy atom. The molecule has 0 radical (unpaired) electrons. The van der Waals surface area contributed by atoms with Gasteiger partial charge >= 0.3 is 5.97 Å². The van der Waals surface area contributed by atoms with Crippen LogP contribution in [0, 0.1) is 5.92 Å². The van der Waals surface area contributed by atoms with Gasteiger partial charge in [0, 0.05) is 23.7 Å². The lowest BCUT2D eigenvalue weighted by atomic mass is 10.1. The van der Waals surface area contributed by atoms with E-state index in [0.717, 1.165) is 5.56 Å². The Hall–Kier alpha value is -2.86. The second-order valence-corrected chi connectivity index (χ2v) is 6.69. The third-order valence-corrected chi connectivity index (χ3v) is 4.50. The number of benzene rings is 2. The zero-order valence-corrected chi connectivity index (χ0v) is 15.3. The number of ether oxygens (including phenoxy) is 1. The van der Waals surface area contributed by atoms with E-state index in [4.69, 9.17) is 16.3 Å². The van der Waals surface area contributed by atoms with E-state index in [1.165, 1.54) is 4.90 Å². The number of rotatable bonds is 6. The topological polar surface area (TPSA) is 75.7 Å². The number of hydrogen-bond donors (Lipinski definition) is 1. The molecule has 2 amide bonds. The quantitative estimate of drug-likeness (QED) is 0.774. The largest absolute Gasteiger partial charge is 0.460 e. The lowest BCUT2D eigenvalue weighted by molar-refractivity contribution is -0.145. The molecule has 1 aliphatic rings. The highest BCUT2D eigenvalue weighted by Gasteiger charge is 2.35. The van der Waals surface area contributed by atoms with Gasteiger partial charge in [0.1, 0.15) is 13.2 Å². The van der Waals surface area contributed by atoms with Crippen LogP contribution in [0.15, 0.2) is 54.6 Å². The fraction of sp³-hybridized carbons (Fsp3) is 0.250. The Morgan fingerprint density at radius 2 is 1.93 bits per heavy atom. The number of nitrogens with one attached hydrogen (secondary N) is 1. The molecule has 1 heterocycles. The molecule has 6 nitrogen and oxygen atoms in total. The van der Waals surface area contributed by atoms with Gasteiger partial charge < -0.3 is 15.0 Å². The average Bonchev–Trinajstić information content (AvgIpc) is 3.07. The Balaban J connectivity index is 1.47. The van der Waals surface area contributed by atoms with E-state index in [9.17, 15) is 14.4 Å². The molecule has 7 heteroatoms. The van der Waals surface area contributed by atoms with E-state index in [2.05, 4.69) is 5.32 Å².